The van der Waals surface area contributed by atoms with Crippen molar-refractivity contribution in [1.29, 1.82) is 0 Å². The van der Waals surface area contributed by atoms with Crippen LogP contribution in [-0.4, -0.2) is 17.6 Å². The van der Waals surface area contributed by atoms with Crippen LogP contribution in [0, 0.1) is 0 Å². The lowest BCUT2D eigenvalue weighted by Crippen LogP contribution is -2.14. The Balaban J connectivity index is 2.00. The first-order valence-corrected chi connectivity index (χ1v) is 11.4. The summed E-state index contributed by atoms with van der Waals surface area (Å²) in [5.41, 5.74) is 1.87. The maximum atomic E-state index is 13.2. The van der Waals surface area contributed by atoms with Crippen molar-refractivity contribution < 1.29 is 8.42 Å². The van der Waals surface area contributed by atoms with Crippen molar-refractivity contribution >= 4 is 56.2 Å². The van der Waals surface area contributed by atoms with Gasteiger partial charge in [-0.1, -0.05) is 65.1 Å². The highest BCUT2D eigenvalue weighted by Gasteiger charge is 2.28. The van der Waals surface area contributed by atoms with E-state index in [-0.39, 0.29) is 14.9 Å². The molecule has 4 rings (SSSR count). The molecule has 0 unspecified atom stereocenters. The molecule has 0 atom stereocenters. The Bertz CT molecular complexity index is 1230. The minimum absolute atomic E-state index is 0.171. The number of benzene rings is 2. The van der Waals surface area contributed by atoms with E-state index in [1.807, 2.05) is 0 Å². The zero-order valence-corrected chi connectivity index (χ0v) is 17.9. The quantitative estimate of drug-likeness (QED) is 0.344. The van der Waals surface area contributed by atoms with Crippen molar-refractivity contribution in [3.05, 3.63) is 81.1 Å². The SMILES string of the molecule is O=S(=O)(c1cccs1)n1nc(-c2ccc(Cl)cc2)c(Cl)c1-c1ccc(Cl)cc1. The number of nitrogens with zero attached hydrogens (tertiary/aromatic N) is 2. The smallest absolute Gasteiger partial charge is 0.198 e. The van der Waals surface area contributed by atoms with Crippen LogP contribution in [0.3, 0.4) is 0 Å². The highest BCUT2D eigenvalue weighted by atomic mass is 35.5. The molecular weight excluding hydrogens is 459 g/mol. The first-order valence-electron chi connectivity index (χ1n) is 7.97. The summed E-state index contributed by atoms with van der Waals surface area (Å²) < 4.78 is 27.6. The molecule has 0 saturated carbocycles. The second-order valence-electron chi connectivity index (χ2n) is 5.81. The molecule has 2 aromatic heterocycles. The first-order chi connectivity index (χ1) is 13.4. The van der Waals surface area contributed by atoms with Crippen LogP contribution in [0.5, 0.6) is 0 Å². The Morgan fingerprint density at radius 2 is 1.39 bits per heavy atom. The van der Waals surface area contributed by atoms with Crippen LogP contribution < -0.4 is 0 Å². The van der Waals surface area contributed by atoms with Gasteiger partial charge in [-0.15, -0.1) is 11.3 Å². The van der Waals surface area contributed by atoms with Gasteiger partial charge in [-0.3, -0.25) is 0 Å². The highest BCUT2D eigenvalue weighted by molar-refractivity contribution is 7.92. The van der Waals surface area contributed by atoms with Gasteiger partial charge in [0, 0.05) is 21.2 Å². The third-order valence-electron chi connectivity index (χ3n) is 4.01. The van der Waals surface area contributed by atoms with E-state index in [0.717, 1.165) is 15.4 Å². The second-order valence-corrected chi connectivity index (χ2v) is 10.00. The lowest BCUT2D eigenvalue weighted by atomic mass is 10.1. The molecule has 0 spiro atoms. The Kier molecular flexibility index (Phi) is 5.24. The van der Waals surface area contributed by atoms with Crippen LogP contribution in [0.25, 0.3) is 22.5 Å². The summed E-state index contributed by atoms with van der Waals surface area (Å²) in [4.78, 5) is 0. The van der Waals surface area contributed by atoms with Gasteiger partial charge in [-0.05, 0) is 35.7 Å². The van der Waals surface area contributed by atoms with Gasteiger partial charge in [0.15, 0.2) is 0 Å². The van der Waals surface area contributed by atoms with Gasteiger partial charge in [0.25, 0.3) is 10.0 Å². The van der Waals surface area contributed by atoms with Crippen LogP contribution in [0.15, 0.2) is 70.3 Å². The predicted octanol–water partition coefficient (Wildman–Crippen LogP) is 6.48. The van der Waals surface area contributed by atoms with Crippen molar-refractivity contribution in [2.75, 3.05) is 0 Å². The van der Waals surface area contributed by atoms with Crippen molar-refractivity contribution in [3.63, 3.8) is 0 Å². The normalized spacial score (nSPS) is 11.7. The van der Waals surface area contributed by atoms with E-state index in [2.05, 4.69) is 5.10 Å². The average molecular weight is 470 g/mol. The van der Waals surface area contributed by atoms with E-state index in [0.29, 0.717) is 26.9 Å². The summed E-state index contributed by atoms with van der Waals surface area (Å²) in [6.45, 7) is 0. The summed E-state index contributed by atoms with van der Waals surface area (Å²) in [6.07, 6.45) is 0. The Hall–Kier alpha value is -1.83. The van der Waals surface area contributed by atoms with E-state index in [1.165, 1.54) is 6.07 Å². The molecule has 0 saturated heterocycles. The Morgan fingerprint density at radius 1 is 0.821 bits per heavy atom. The molecule has 4 aromatic rings. The topological polar surface area (TPSA) is 52.0 Å². The van der Waals surface area contributed by atoms with E-state index in [1.54, 1.807) is 60.0 Å². The zero-order valence-electron chi connectivity index (χ0n) is 14.0. The Labute approximate surface area is 181 Å². The monoisotopic (exact) mass is 468 g/mol. The number of hydrogen-bond acceptors (Lipinski definition) is 4. The number of hydrogen-bond donors (Lipinski definition) is 0. The highest BCUT2D eigenvalue weighted by Crippen LogP contribution is 2.39. The van der Waals surface area contributed by atoms with Gasteiger partial charge in [-0.2, -0.15) is 17.6 Å². The van der Waals surface area contributed by atoms with Crippen LogP contribution in [0.2, 0.25) is 15.1 Å². The lowest BCUT2D eigenvalue weighted by molar-refractivity contribution is 0.583. The molecule has 0 fully saturated rings. The number of halogens is 3. The zero-order chi connectivity index (χ0) is 19.9. The summed E-state index contributed by atoms with van der Waals surface area (Å²) in [7, 11) is -3.92. The van der Waals surface area contributed by atoms with E-state index >= 15 is 0 Å². The molecule has 0 radical (unpaired) electrons. The summed E-state index contributed by atoms with van der Waals surface area (Å²) >= 11 is 19.7. The molecule has 0 aliphatic heterocycles. The van der Waals surface area contributed by atoms with Crippen molar-refractivity contribution in [2.24, 2.45) is 0 Å². The maximum Gasteiger partial charge on any atom is 0.293 e. The van der Waals surface area contributed by atoms with Crippen molar-refractivity contribution in [2.45, 2.75) is 4.21 Å². The fourth-order valence-electron chi connectivity index (χ4n) is 2.69. The fourth-order valence-corrected chi connectivity index (χ4v) is 5.69. The maximum absolute atomic E-state index is 13.2. The van der Waals surface area contributed by atoms with Gasteiger partial charge in [0.05, 0.1) is 5.02 Å². The molecule has 142 valence electrons. The molecule has 0 N–H and O–H groups in total. The van der Waals surface area contributed by atoms with E-state index in [4.69, 9.17) is 34.8 Å². The van der Waals surface area contributed by atoms with Gasteiger partial charge < -0.3 is 0 Å². The largest absolute Gasteiger partial charge is 0.293 e. The van der Waals surface area contributed by atoms with E-state index in [9.17, 15) is 8.42 Å². The van der Waals surface area contributed by atoms with Gasteiger partial charge in [0.1, 0.15) is 15.6 Å². The number of rotatable bonds is 4. The number of aromatic nitrogens is 2. The molecular formula is C19H11Cl3N2O2S2. The molecule has 2 heterocycles. The molecule has 0 aliphatic carbocycles. The molecule has 2 aromatic carbocycles. The third-order valence-corrected chi connectivity index (χ3v) is 7.82. The summed E-state index contributed by atoms with van der Waals surface area (Å²) in [5.74, 6) is 0. The van der Waals surface area contributed by atoms with E-state index < -0.39 is 10.0 Å². The minimum Gasteiger partial charge on any atom is -0.198 e. The molecule has 0 bridgehead atoms. The van der Waals surface area contributed by atoms with Crippen molar-refractivity contribution in [3.8, 4) is 22.5 Å². The van der Waals surface area contributed by atoms with Gasteiger partial charge >= 0.3 is 0 Å². The van der Waals surface area contributed by atoms with Crippen LogP contribution in [0.1, 0.15) is 0 Å². The van der Waals surface area contributed by atoms with Crippen molar-refractivity contribution in [1.82, 2.24) is 9.19 Å². The van der Waals surface area contributed by atoms with Gasteiger partial charge in [-0.25, -0.2) is 0 Å². The third kappa shape index (κ3) is 3.47. The molecule has 28 heavy (non-hydrogen) atoms. The van der Waals surface area contributed by atoms with Crippen LogP contribution in [-0.2, 0) is 10.0 Å². The molecule has 9 heteroatoms. The fraction of sp³-hybridized carbons (Fsp3) is 0. The Morgan fingerprint density at radius 3 is 1.93 bits per heavy atom. The van der Waals surface area contributed by atoms with Crippen LogP contribution >= 0.6 is 46.1 Å². The average Bonchev–Trinajstić information content (AvgIpc) is 3.32. The summed E-state index contributed by atoms with van der Waals surface area (Å²) in [6, 6.07) is 16.8. The molecule has 0 aliphatic rings. The van der Waals surface area contributed by atoms with Crippen LogP contribution in [0.4, 0.5) is 0 Å². The summed E-state index contributed by atoms with van der Waals surface area (Å²) in [5, 5.41) is 7.38. The standard InChI is InChI=1S/C19H11Cl3N2O2S2/c20-14-7-3-12(4-8-14)18-17(22)19(13-5-9-15(21)10-6-13)24(23-18)28(25,26)16-2-1-11-27-16/h1-11H. The molecule has 4 nitrogen and oxygen atoms in total. The number of thiophene rings is 1. The molecule has 0 amide bonds. The van der Waals surface area contributed by atoms with Gasteiger partial charge in [0.2, 0.25) is 0 Å². The second kappa shape index (κ2) is 7.54. The lowest BCUT2D eigenvalue weighted by Gasteiger charge is -2.08. The first kappa shape index (κ1) is 19.5. The minimum atomic E-state index is -3.92. The predicted molar refractivity (Wildman–Crippen MR) is 115 cm³/mol.